The topological polar surface area (TPSA) is 70.2 Å². The van der Waals surface area contributed by atoms with Crippen molar-refractivity contribution in [1.29, 1.82) is 0 Å². The highest BCUT2D eigenvalue weighted by Gasteiger charge is 2.40. The molecular formula is C28H39N3O4S. The van der Waals surface area contributed by atoms with Crippen LogP contribution in [0.25, 0.3) is 0 Å². The number of esters is 1. The van der Waals surface area contributed by atoms with E-state index in [-0.39, 0.29) is 24.0 Å². The quantitative estimate of drug-likeness (QED) is 0.426. The van der Waals surface area contributed by atoms with Gasteiger partial charge in [0.1, 0.15) is 0 Å². The molecule has 0 aromatic heterocycles. The lowest BCUT2D eigenvalue weighted by atomic mass is 9.91. The highest BCUT2D eigenvalue weighted by atomic mass is 32.2. The third kappa shape index (κ3) is 6.35. The van der Waals surface area contributed by atoms with Crippen molar-refractivity contribution in [2.45, 2.75) is 55.1 Å². The summed E-state index contributed by atoms with van der Waals surface area (Å²) in [6.45, 7) is 2.08. The SMILES string of the molecule is COC(=O)C1CCN(CCC(CN(C)S(=O)(=O)c2ccccc2)c2ccccc2)C(N(C)C2CC2)C1. The Kier molecular flexibility index (Phi) is 8.83. The second-order valence-electron chi connectivity index (χ2n) is 10.2. The smallest absolute Gasteiger partial charge is 0.308 e. The van der Waals surface area contributed by atoms with Gasteiger partial charge in [-0.1, -0.05) is 48.5 Å². The molecule has 36 heavy (non-hydrogen) atoms. The Morgan fingerprint density at radius 1 is 1.03 bits per heavy atom. The Morgan fingerprint density at radius 2 is 1.67 bits per heavy atom. The Hall–Kier alpha value is -2.26. The first-order valence-electron chi connectivity index (χ1n) is 12.9. The number of methoxy groups -OCH3 is 1. The standard InChI is InChI=1S/C28H39N3O4S/c1-29(36(33,34)26-12-8-5-9-13-26)21-24(22-10-6-4-7-11-22)17-19-31-18-16-23(28(32)35-3)20-27(31)30(2)25-14-15-25/h4-13,23-25,27H,14-21H2,1-3H3. The van der Waals surface area contributed by atoms with Crippen LogP contribution in [0.3, 0.4) is 0 Å². The number of likely N-dealkylation sites (tertiary alicyclic amines) is 1. The summed E-state index contributed by atoms with van der Waals surface area (Å²) in [5, 5.41) is 0. The molecule has 0 N–H and O–H groups in total. The molecule has 1 aliphatic carbocycles. The van der Waals surface area contributed by atoms with Gasteiger partial charge in [0.15, 0.2) is 0 Å². The number of piperidine rings is 1. The summed E-state index contributed by atoms with van der Waals surface area (Å²) in [7, 11) is 1.74. The fourth-order valence-electron chi connectivity index (χ4n) is 5.37. The van der Waals surface area contributed by atoms with Crippen molar-refractivity contribution in [1.82, 2.24) is 14.1 Å². The molecule has 8 heteroatoms. The highest BCUT2D eigenvalue weighted by molar-refractivity contribution is 7.89. The van der Waals surface area contributed by atoms with Gasteiger partial charge in [-0.2, -0.15) is 0 Å². The van der Waals surface area contributed by atoms with Crippen LogP contribution in [0.2, 0.25) is 0 Å². The molecule has 1 heterocycles. The van der Waals surface area contributed by atoms with Crippen LogP contribution in [0.15, 0.2) is 65.6 Å². The fraction of sp³-hybridized carbons (Fsp3) is 0.536. The monoisotopic (exact) mass is 513 g/mol. The Labute approximate surface area is 216 Å². The van der Waals surface area contributed by atoms with Crippen LogP contribution in [0.5, 0.6) is 0 Å². The Bertz CT molecular complexity index is 1090. The number of carbonyl (C=O) groups is 1. The third-order valence-corrected chi connectivity index (χ3v) is 9.61. The second-order valence-corrected chi connectivity index (χ2v) is 12.2. The molecule has 1 aliphatic heterocycles. The van der Waals surface area contributed by atoms with Gasteiger partial charge in [0, 0.05) is 32.7 Å². The molecule has 2 aliphatic rings. The molecule has 1 saturated carbocycles. The number of carbonyl (C=O) groups excluding carboxylic acids is 1. The van der Waals surface area contributed by atoms with E-state index >= 15 is 0 Å². The summed E-state index contributed by atoms with van der Waals surface area (Å²) in [5.41, 5.74) is 1.14. The van der Waals surface area contributed by atoms with Gasteiger partial charge in [-0.3, -0.25) is 14.6 Å². The minimum absolute atomic E-state index is 0.0555. The first-order valence-corrected chi connectivity index (χ1v) is 14.4. The molecular weight excluding hydrogens is 474 g/mol. The number of rotatable bonds is 11. The number of ether oxygens (including phenoxy) is 1. The van der Waals surface area contributed by atoms with Crippen LogP contribution in [-0.4, -0.2) is 81.5 Å². The van der Waals surface area contributed by atoms with Gasteiger partial charge in [-0.25, -0.2) is 12.7 Å². The summed E-state index contributed by atoms with van der Waals surface area (Å²) in [5.74, 6) is -0.122. The lowest BCUT2D eigenvalue weighted by Crippen LogP contribution is -2.53. The van der Waals surface area contributed by atoms with Gasteiger partial charge in [0.05, 0.1) is 24.1 Å². The zero-order valence-corrected chi connectivity index (χ0v) is 22.4. The summed E-state index contributed by atoms with van der Waals surface area (Å²) >= 11 is 0. The molecule has 7 nitrogen and oxygen atoms in total. The van der Waals surface area contributed by atoms with E-state index in [1.54, 1.807) is 31.3 Å². The predicted octanol–water partition coefficient (Wildman–Crippen LogP) is 3.79. The van der Waals surface area contributed by atoms with Crippen molar-refractivity contribution >= 4 is 16.0 Å². The van der Waals surface area contributed by atoms with E-state index in [2.05, 4.69) is 29.0 Å². The van der Waals surface area contributed by atoms with Crippen molar-refractivity contribution in [2.75, 3.05) is 40.8 Å². The van der Waals surface area contributed by atoms with E-state index in [1.165, 1.54) is 24.3 Å². The number of hydrogen-bond donors (Lipinski definition) is 0. The van der Waals surface area contributed by atoms with Crippen LogP contribution in [0.4, 0.5) is 0 Å². The van der Waals surface area contributed by atoms with Gasteiger partial charge < -0.3 is 4.74 Å². The minimum atomic E-state index is -3.57. The van der Waals surface area contributed by atoms with Gasteiger partial charge in [0.25, 0.3) is 0 Å². The molecule has 3 atom stereocenters. The molecule has 2 fully saturated rings. The minimum Gasteiger partial charge on any atom is -0.469 e. The Balaban J connectivity index is 1.49. The molecule has 4 rings (SSSR count). The highest BCUT2D eigenvalue weighted by Crippen LogP contribution is 2.34. The van der Waals surface area contributed by atoms with Crippen molar-refractivity contribution in [3.05, 3.63) is 66.2 Å². The van der Waals surface area contributed by atoms with E-state index in [4.69, 9.17) is 4.74 Å². The maximum atomic E-state index is 13.2. The van der Waals surface area contributed by atoms with E-state index < -0.39 is 10.0 Å². The van der Waals surface area contributed by atoms with Crippen LogP contribution in [0, 0.1) is 5.92 Å². The van der Waals surface area contributed by atoms with Gasteiger partial charge in [0.2, 0.25) is 10.0 Å². The van der Waals surface area contributed by atoms with E-state index in [0.717, 1.165) is 37.9 Å². The van der Waals surface area contributed by atoms with Crippen molar-refractivity contribution in [3.8, 4) is 0 Å². The Morgan fingerprint density at radius 3 is 2.28 bits per heavy atom. The van der Waals surface area contributed by atoms with Gasteiger partial charge >= 0.3 is 5.97 Å². The lowest BCUT2D eigenvalue weighted by Gasteiger charge is -2.44. The average molecular weight is 514 g/mol. The number of benzene rings is 2. The second kappa shape index (κ2) is 11.9. The maximum Gasteiger partial charge on any atom is 0.308 e. The van der Waals surface area contributed by atoms with E-state index in [0.29, 0.717) is 17.5 Å². The lowest BCUT2D eigenvalue weighted by molar-refractivity contribution is -0.149. The largest absolute Gasteiger partial charge is 0.469 e. The van der Waals surface area contributed by atoms with Gasteiger partial charge in [-0.15, -0.1) is 0 Å². The molecule has 0 spiro atoms. The first kappa shape index (κ1) is 26.8. The molecule has 0 bridgehead atoms. The summed E-state index contributed by atoms with van der Waals surface area (Å²) in [4.78, 5) is 17.5. The predicted molar refractivity (Wildman–Crippen MR) is 141 cm³/mol. The summed E-state index contributed by atoms with van der Waals surface area (Å²) in [6, 6.07) is 19.4. The third-order valence-electron chi connectivity index (χ3n) is 7.77. The van der Waals surface area contributed by atoms with Crippen LogP contribution < -0.4 is 0 Å². The first-order chi connectivity index (χ1) is 17.3. The molecule has 0 radical (unpaired) electrons. The summed E-state index contributed by atoms with van der Waals surface area (Å²) in [6.07, 6.45) is 5.00. The maximum absolute atomic E-state index is 13.2. The van der Waals surface area contributed by atoms with Crippen molar-refractivity contribution < 1.29 is 17.9 Å². The molecule has 1 saturated heterocycles. The molecule has 196 valence electrons. The number of hydrogen-bond acceptors (Lipinski definition) is 6. The number of likely N-dealkylation sites (N-methyl/N-ethyl adjacent to an activating group) is 1. The summed E-state index contributed by atoms with van der Waals surface area (Å²) < 4.78 is 33.0. The molecule has 3 unspecified atom stereocenters. The van der Waals surface area contributed by atoms with Crippen LogP contribution >= 0.6 is 0 Å². The molecule has 0 amide bonds. The van der Waals surface area contributed by atoms with Crippen molar-refractivity contribution in [2.24, 2.45) is 5.92 Å². The normalized spacial score (nSPS) is 22.0. The van der Waals surface area contributed by atoms with E-state index in [1.807, 2.05) is 24.3 Å². The van der Waals surface area contributed by atoms with Crippen LogP contribution in [-0.2, 0) is 19.6 Å². The average Bonchev–Trinajstić information content (AvgIpc) is 3.76. The zero-order chi connectivity index (χ0) is 25.7. The molecule has 2 aromatic carbocycles. The number of sulfonamides is 1. The fourth-order valence-corrected chi connectivity index (χ4v) is 6.61. The van der Waals surface area contributed by atoms with E-state index in [9.17, 15) is 13.2 Å². The number of nitrogens with zero attached hydrogens (tertiary/aromatic N) is 3. The van der Waals surface area contributed by atoms with Crippen molar-refractivity contribution in [3.63, 3.8) is 0 Å². The zero-order valence-electron chi connectivity index (χ0n) is 21.6. The van der Waals surface area contributed by atoms with Gasteiger partial charge in [-0.05, 0) is 62.8 Å². The van der Waals surface area contributed by atoms with Crippen LogP contribution in [0.1, 0.15) is 43.6 Å². The molecule has 2 aromatic rings.